The van der Waals surface area contributed by atoms with Crippen LogP contribution in [-0.4, -0.2) is 29.8 Å². The van der Waals surface area contributed by atoms with Crippen LogP contribution in [0.25, 0.3) is 27.8 Å². The molecular formula is C14H10N6. The van der Waals surface area contributed by atoms with Gasteiger partial charge in [-0.05, 0) is 6.92 Å². The summed E-state index contributed by atoms with van der Waals surface area (Å²) in [6, 6.07) is 7.98. The second kappa shape index (κ2) is 4.06. The molecule has 0 saturated heterocycles. The molecule has 6 heteroatoms. The van der Waals surface area contributed by atoms with Gasteiger partial charge >= 0.3 is 0 Å². The minimum Gasteiger partial charge on any atom is -0.261 e. The zero-order valence-electron chi connectivity index (χ0n) is 10.7. The molecule has 0 radical (unpaired) electrons. The molecule has 0 spiro atoms. The average Bonchev–Trinajstić information content (AvgIpc) is 2.88. The van der Waals surface area contributed by atoms with Crippen LogP contribution in [0.1, 0.15) is 5.82 Å². The molecule has 3 aromatic heterocycles. The van der Waals surface area contributed by atoms with Crippen molar-refractivity contribution in [2.75, 3.05) is 0 Å². The first-order chi connectivity index (χ1) is 9.83. The van der Waals surface area contributed by atoms with Crippen molar-refractivity contribution in [1.29, 1.82) is 0 Å². The van der Waals surface area contributed by atoms with Crippen LogP contribution >= 0.6 is 0 Å². The first-order valence-corrected chi connectivity index (χ1v) is 6.22. The summed E-state index contributed by atoms with van der Waals surface area (Å²) in [5.41, 5.74) is 2.23. The number of nitrogens with zero attached hydrogens (tertiary/aromatic N) is 6. The first-order valence-electron chi connectivity index (χ1n) is 6.22. The fraction of sp³-hybridized carbons (Fsp3) is 0.0714. The molecule has 6 nitrogen and oxygen atoms in total. The summed E-state index contributed by atoms with van der Waals surface area (Å²) in [6.07, 6.45) is 5.00. The van der Waals surface area contributed by atoms with E-state index in [1.807, 2.05) is 31.2 Å². The number of hydrogen-bond donors (Lipinski definition) is 0. The predicted molar refractivity (Wildman–Crippen MR) is 74.1 cm³/mol. The monoisotopic (exact) mass is 262 g/mol. The highest BCUT2D eigenvalue weighted by Gasteiger charge is 2.13. The lowest BCUT2D eigenvalue weighted by molar-refractivity contribution is 0.796. The Kier molecular flexibility index (Phi) is 2.23. The summed E-state index contributed by atoms with van der Waals surface area (Å²) < 4.78 is 1.56. The summed E-state index contributed by atoms with van der Waals surface area (Å²) in [6.45, 7) is 1.85. The van der Waals surface area contributed by atoms with E-state index < -0.39 is 0 Å². The van der Waals surface area contributed by atoms with E-state index in [4.69, 9.17) is 0 Å². The van der Waals surface area contributed by atoms with Gasteiger partial charge in [0.2, 0.25) is 0 Å². The van der Waals surface area contributed by atoms with Crippen LogP contribution < -0.4 is 0 Å². The van der Waals surface area contributed by atoms with Gasteiger partial charge in [0.25, 0.3) is 0 Å². The number of rotatable bonds is 1. The van der Waals surface area contributed by atoms with Crippen molar-refractivity contribution in [2.24, 2.45) is 0 Å². The Balaban J connectivity index is 2.18. The highest BCUT2D eigenvalue weighted by Crippen LogP contribution is 2.26. The van der Waals surface area contributed by atoms with E-state index in [1.54, 1.807) is 23.2 Å². The maximum absolute atomic E-state index is 4.54. The molecule has 0 aliphatic carbocycles. The molecule has 96 valence electrons. The van der Waals surface area contributed by atoms with Crippen molar-refractivity contribution in [2.45, 2.75) is 6.92 Å². The molecule has 0 fully saturated rings. The van der Waals surface area contributed by atoms with Gasteiger partial charge in [-0.1, -0.05) is 24.3 Å². The lowest BCUT2D eigenvalue weighted by Gasteiger charge is -2.05. The molecule has 4 rings (SSSR count). The molecule has 0 atom stereocenters. The molecule has 0 amide bonds. The molecule has 0 saturated carbocycles. The van der Waals surface area contributed by atoms with E-state index >= 15 is 0 Å². The van der Waals surface area contributed by atoms with Crippen LogP contribution in [0.2, 0.25) is 0 Å². The lowest BCUT2D eigenvalue weighted by atomic mass is 10.1. The van der Waals surface area contributed by atoms with E-state index in [1.165, 1.54) is 0 Å². The fourth-order valence-electron chi connectivity index (χ4n) is 2.29. The summed E-state index contributed by atoms with van der Waals surface area (Å²) in [5.74, 6) is 0.693. The van der Waals surface area contributed by atoms with Crippen molar-refractivity contribution < 1.29 is 0 Å². The van der Waals surface area contributed by atoms with Crippen LogP contribution in [-0.2, 0) is 0 Å². The van der Waals surface area contributed by atoms with Crippen molar-refractivity contribution in [1.82, 2.24) is 29.8 Å². The highest BCUT2D eigenvalue weighted by molar-refractivity contribution is 6.00. The Hall–Kier alpha value is -2.89. The molecule has 20 heavy (non-hydrogen) atoms. The topological polar surface area (TPSA) is 68.9 Å². The third kappa shape index (κ3) is 1.55. The molecule has 0 aliphatic heterocycles. The van der Waals surface area contributed by atoms with Crippen molar-refractivity contribution in [3.05, 3.63) is 48.7 Å². The number of aromatic nitrogens is 6. The third-order valence-electron chi connectivity index (χ3n) is 3.12. The second-order valence-electron chi connectivity index (χ2n) is 4.46. The third-order valence-corrected chi connectivity index (χ3v) is 3.12. The number of aryl methyl sites for hydroxylation is 1. The Morgan fingerprint density at radius 3 is 2.65 bits per heavy atom. The molecule has 0 bridgehead atoms. The van der Waals surface area contributed by atoms with Crippen molar-refractivity contribution in [3.63, 3.8) is 0 Å². The number of benzene rings is 1. The van der Waals surface area contributed by atoms with E-state index in [9.17, 15) is 0 Å². The normalized spacial score (nSPS) is 11.2. The predicted octanol–water partition coefficient (Wildman–Crippen LogP) is 2.04. The standard InChI is InChI=1S/C14H10N6/c1-9-17-14-11-5-3-2-4-10(11)13(19-20(14)18-9)12-8-15-6-7-16-12/h2-8H,1H3. The van der Waals surface area contributed by atoms with Gasteiger partial charge in [-0.2, -0.15) is 0 Å². The Morgan fingerprint density at radius 1 is 1.00 bits per heavy atom. The quantitative estimate of drug-likeness (QED) is 0.525. The van der Waals surface area contributed by atoms with E-state index in [0.717, 1.165) is 27.8 Å². The number of hydrogen-bond acceptors (Lipinski definition) is 5. The van der Waals surface area contributed by atoms with Crippen LogP contribution in [0, 0.1) is 6.92 Å². The lowest BCUT2D eigenvalue weighted by Crippen LogP contribution is -2.00. The zero-order chi connectivity index (χ0) is 13.5. The van der Waals surface area contributed by atoms with Crippen LogP contribution in [0.15, 0.2) is 42.9 Å². The maximum Gasteiger partial charge on any atom is 0.184 e. The highest BCUT2D eigenvalue weighted by atomic mass is 15.4. The summed E-state index contributed by atoms with van der Waals surface area (Å²) >= 11 is 0. The first kappa shape index (κ1) is 11.0. The molecule has 0 aliphatic rings. The van der Waals surface area contributed by atoms with Gasteiger partial charge in [0, 0.05) is 23.2 Å². The van der Waals surface area contributed by atoms with Gasteiger partial charge in [0.15, 0.2) is 5.65 Å². The van der Waals surface area contributed by atoms with Crippen LogP contribution in [0.4, 0.5) is 0 Å². The molecular weight excluding hydrogens is 252 g/mol. The van der Waals surface area contributed by atoms with E-state index in [2.05, 4.69) is 25.1 Å². The summed E-state index contributed by atoms with van der Waals surface area (Å²) in [5, 5.41) is 10.8. The molecule has 4 aromatic rings. The van der Waals surface area contributed by atoms with Crippen molar-refractivity contribution in [3.8, 4) is 11.4 Å². The Morgan fingerprint density at radius 2 is 1.85 bits per heavy atom. The molecule has 0 N–H and O–H groups in total. The van der Waals surface area contributed by atoms with Crippen LogP contribution in [0.3, 0.4) is 0 Å². The molecule has 1 aromatic carbocycles. The van der Waals surface area contributed by atoms with Gasteiger partial charge in [-0.3, -0.25) is 9.97 Å². The van der Waals surface area contributed by atoms with Gasteiger partial charge in [-0.25, -0.2) is 4.98 Å². The van der Waals surface area contributed by atoms with Gasteiger partial charge < -0.3 is 0 Å². The zero-order valence-corrected chi connectivity index (χ0v) is 10.7. The van der Waals surface area contributed by atoms with Gasteiger partial charge in [0.1, 0.15) is 17.2 Å². The summed E-state index contributed by atoms with van der Waals surface area (Å²) in [7, 11) is 0. The van der Waals surface area contributed by atoms with E-state index in [-0.39, 0.29) is 0 Å². The average molecular weight is 262 g/mol. The van der Waals surface area contributed by atoms with Gasteiger partial charge in [-0.15, -0.1) is 14.8 Å². The maximum atomic E-state index is 4.54. The minimum absolute atomic E-state index is 0.693. The smallest absolute Gasteiger partial charge is 0.184 e. The second-order valence-corrected chi connectivity index (χ2v) is 4.46. The number of fused-ring (bicyclic) bond motifs is 3. The largest absolute Gasteiger partial charge is 0.261 e. The summed E-state index contributed by atoms with van der Waals surface area (Å²) in [4.78, 5) is 12.9. The minimum atomic E-state index is 0.693. The molecule has 0 unspecified atom stereocenters. The van der Waals surface area contributed by atoms with Crippen LogP contribution in [0.5, 0.6) is 0 Å². The SMILES string of the molecule is Cc1nc2c3ccccc3c(-c3cnccn3)nn2n1. The Labute approximate surface area is 114 Å². The molecule has 3 heterocycles. The van der Waals surface area contributed by atoms with Crippen molar-refractivity contribution >= 4 is 16.4 Å². The van der Waals surface area contributed by atoms with Gasteiger partial charge in [0.05, 0.1) is 6.20 Å². The fourth-order valence-corrected chi connectivity index (χ4v) is 2.29. The van der Waals surface area contributed by atoms with E-state index in [0.29, 0.717) is 5.82 Å². The Bertz CT molecular complexity index is 913.